The quantitative estimate of drug-likeness (QED) is 0.894. The summed E-state index contributed by atoms with van der Waals surface area (Å²) in [5, 5.41) is 4.19. The van der Waals surface area contributed by atoms with Crippen LogP contribution in [0.2, 0.25) is 0 Å². The van der Waals surface area contributed by atoms with Gasteiger partial charge in [0.1, 0.15) is 0 Å². The molecule has 2 aromatic carbocycles. The van der Waals surface area contributed by atoms with Crippen LogP contribution in [0.3, 0.4) is 0 Å². The lowest BCUT2D eigenvalue weighted by Gasteiger charge is -2.29. The Labute approximate surface area is 135 Å². The van der Waals surface area contributed by atoms with Gasteiger partial charge in [-0.05, 0) is 23.7 Å². The zero-order valence-electron chi connectivity index (χ0n) is 12.3. The highest BCUT2D eigenvalue weighted by molar-refractivity contribution is 8.06. The zero-order chi connectivity index (χ0) is 14.5. The molecule has 0 aromatic heterocycles. The van der Waals surface area contributed by atoms with Crippen molar-refractivity contribution in [2.24, 2.45) is 0 Å². The first-order valence-corrected chi connectivity index (χ1v) is 9.61. The number of rotatable bonds is 4. The predicted molar refractivity (Wildman–Crippen MR) is 97.2 cm³/mol. The molecule has 3 rings (SSSR count). The summed E-state index contributed by atoms with van der Waals surface area (Å²) in [6.45, 7) is 0. The second-order valence-electron chi connectivity index (χ2n) is 5.24. The first kappa shape index (κ1) is 15.0. The van der Waals surface area contributed by atoms with Crippen molar-refractivity contribution in [2.45, 2.75) is 11.3 Å². The van der Waals surface area contributed by atoms with Gasteiger partial charge in [-0.15, -0.1) is 0 Å². The Morgan fingerprint density at radius 1 is 0.952 bits per heavy atom. The fraction of sp³-hybridized carbons (Fsp3) is 0.333. The second kappa shape index (κ2) is 7.39. The van der Waals surface area contributed by atoms with Crippen LogP contribution >= 0.6 is 23.5 Å². The third-order valence-corrected chi connectivity index (χ3v) is 6.77. The van der Waals surface area contributed by atoms with Crippen LogP contribution in [0.5, 0.6) is 0 Å². The van der Waals surface area contributed by atoms with Gasteiger partial charge in [0.2, 0.25) is 0 Å². The molecule has 1 fully saturated rings. The molecule has 2 aromatic rings. The summed E-state index contributed by atoms with van der Waals surface area (Å²) in [5.41, 5.74) is 3.98. The molecule has 21 heavy (non-hydrogen) atoms. The van der Waals surface area contributed by atoms with E-state index < -0.39 is 0 Å². The van der Waals surface area contributed by atoms with Gasteiger partial charge in [-0.2, -0.15) is 23.5 Å². The smallest absolute Gasteiger partial charge is 0.0446 e. The van der Waals surface area contributed by atoms with Crippen LogP contribution in [-0.2, 0) is 0 Å². The van der Waals surface area contributed by atoms with E-state index in [0.29, 0.717) is 11.3 Å². The van der Waals surface area contributed by atoms with E-state index in [-0.39, 0.29) is 0 Å². The molecule has 110 valence electrons. The Bertz CT molecular complexity index is 547. The standard InChI is InChI=1S/C18H21NS2/c1-19-18(17-13-20-11-12-21-17)16-9-7-15(8-10-16)14-5-3-2-4-6-14/h2-10,17-19H,11-13H2,1H3. The van der Waals surface area contributed by atoms with Gasteiger partial charge in [-0.25, -0.2) is 0 Å². The average Bonchev–Trinajstić information content (AvgIpc) is 2.58. The molecule has 1 aliphatic heterocycles. The molecule has 2 unspecified atom stereocenters. The lowest BCUT2D eigenvalue weighted by Crippen LogP contribution is -2.31. The molecule has 0 amide bonds. The minimum atomic E-state index is 0.452. The Balaban J connectivity index is 1.79. The summed E-state index contributed by atoms with van der Waals surface area (Å²) in [7, 11) is 2.08. The first-order chi connectivity index (χ1) is 10.4. The van der Waals surface area contributed by atoms with E-state index in [9.17, 15) is 0 Å². The van der Waals surface area contributed by atoms with Crippen LogP contribution in [0.1, 0.15) is 11.6 Å². The van der Waals surface area contributed by atoms with E-state index in [4.69, 9.17) is 0 Å². The Morgan fingerprint density at radius 3 is 2.29 bits per heavy atom. The summed E-state index contributed by atoms with van der Waals surface area (Å²) < 4.78 is 0. The number of benzene rings is 2. The molecule has 1 heterocycles. The van der Waals surface area contributed by atoms with E-state index >= 15 is 0 Å². The van der Waals surface area contributed by atoms with Gasteiger partial charge in [0.05, 0.1) is 0 Å². The highest BCUT2D eigenvalue weighted by atomic mass is 32.2. The zero-order valence-corrected chi connectivity index (χ0v) is 13.9. The van der Waals surface area contributed by atoms with Gasteiger partial charge in [-0.1, -0.05) is 54.6 Å². The first-order valence-electron chi connectivity index (χ1n) is 7.40. The molecule has 3 heteroatoms. The van der Waals surface area contributed by atoms with Crippen molar-refractivity contribution in [1.82, 2.24) is 5.32 Å². The number of nitrogens with one attached hydrogen (secondary N) is 1. The molecular weight excluding hydrogens is 294 g/mol. The third kappa shape index (κ3) is 3.65. The van der Waals surface area contributed by atoms with Crippen LogP contribution in [0.15, 0.2) is 54.6 Å². The van der Waals surface area contributed by atoms with Crippen molar-refractivity contribution in [2.75, 3.05) is 24.3 Å². The largest absolute Gasteiger partial charge is 0.312 e. The van der Waals surface area contributed by atoms with Crippen molar-refractivity contribution in [3.05, 3.63) is 60.2 Å². The minimum Gasteiger partial charge on any atom is -0.312 e. The van der Waals surface area contributed by atoms with Crippen molar-refractivity contribution < 1.29 is 0 Å². The van der Waals surface area contributed by atoms with E-state index in [1.165, 1.54) is 33.9 Å². The number of hydrogen-bond donors (Lipinski definition) is 1. The monoisotopic (exact) mass is 315 g/mol. The van der Waals surface area contributed by atoms with Crippen LogP contribution in [0.25, 0.3) is 11.1 Å². The van der Waals surface area contributed by atoms with Gasteiger partial charge in [0.25, 0.3) is 0 Å². The van der Waals surface area contributed by atoms with E-state index in [0.717, 1.165) is 0 Å². The maximum absolute atomic E-state index is 3.51. The van der Waals surface area contributed by atoms with Gasteiger partial charge in [0.15, 0.2) is 0 Å². The van der Waals surface area contributed by atoms with E-state index in [1.807, 2.05) is 0 Å². The lowest BCUT2D eigenvalue weighted by molar-refractivity contribution is 0.592. The molecule has 0 bridgehead atoms. The maximum atomic E-state index is 3.51. The highest BCUT2D eigenvalue weighted by Gasteiger charge is 2.24. The van der Waals surface area contributed by atoms with Crippen molar-refractivity contribution in [3.8, 4) is 11.1 Å². The molecule has 1 N–H and O–H groups in total. The predicted octanol–water partition coefficient (Wildman–Crippen LogP) is 4.46. The number of hydrogen-bond acceptors (Lipinski definition) is 3. The fourth-order valence-electron chi connectivity index (χ4n) is 2.78. The average molecular weight is 316 g/mol. The molecule has 2 atom stereocenters. The second-order valence-corrected chi connectivity index (χ2v) is 7.74. The fourth-order valence-corrected chi connectivity index (χ4v) is 5.69. The van der Waals surface area contributed by atoms with Crippen molar-refractivity contribution in [1.29, 1.82) is 0 Å². The van der Waals surface area contributed by atoms with Gasteiger partial charge in [-0.3, -0.25) is 0 Å². The molecule has 1 aliphatic rings. The Morgan fingerprint density at radius 2 is 1.67 bits per heavy atom. The van der Waals surface area contributed by atoms with Crippen LogP contribution in [0.4, 0.5) is 0 Å². The molecule has 0 radical (unpaired) electrons. The van der Waals surface area contributed by atoms with Crippen LogP contribution < -0.4 is 5.32 Å². The SMILES string of the molecule is CNC(c1ccc(-c2ccccc2)cc1)C1CSCCS1. The van der Waals surface area contributed by atoms with Crippen molar-refractivity contribution >= 4 is 23.5 Å². The normalized spacial score (nSPS) is 20.1. The van der Waals surface area contributed by atoms with Gasteiger partial charge < -0.3 is 5.32 Å². The topological polar surface area (TPSA) is 12.0 Å². The highest BCUT2D eigenvalue weighted by Crippen LogP contribution is 2.34. The van der Waals surface area contributed by atoms with Crippen molar-refractivity contribution in [3.63, 3.8) is 0 Å². The Kier molecular flexibility index (Phi) is 5.28. The third-order valence-electron chi connectivity index (χ3n) is 3.90. The summed E-state index contributed by atoms with van der Waals surface area (Å²) >= 11 is 4.19. The van der Waals surface area contributed by atoms with Gasteiger partial charge in [0, 0.05) is 28.6 Å². The summed E-state index contributed by atoms with van der Waals surface area (Å²) in [6.07, 6.45) is 0. The molecule has 0 aliphatic carbocycles. The lowest BCUT2D eigenvalue weighted by atomic mass is 9.99. The van der Waals surface area contributed by atoms with Crippen LogP contribution in [0, 0.1) is 0 Å². The molecule has 0 spiro atoms. The minimum absolute atomic E-state index is 0.452. The Hall–Kier alpha value is -0.900. The summed E-state index contributed by atoms with van der Waals surface area (Å²) in [4.78, 5) is 0. The van der Waals surface area contributed by atoms with Gasteiger partial charge >= 0.3 is 0 Å². The molecule has 1 saturated heterocycles. The molecule has 1 nitrogen and oxygen atoms in total. The van der Waals surface area contributed by atoms with E-state index in [1.54, 1.807) is 0 Å². The number of thioether (sulfide) groups is 2. The van der Waals surface area contributed by atoms with E-state index in [2.05, 4.69) is 90.5 Å². The molecule has 0 saturated carbocycles. The summed E-state index contributed by atoms with van der Waals surface area (Å²) in [5.74, 6) is 3.82. The molecular formula is C18H21NS2. The maximum Gasteiger partial charge on any atom is 0.0446 e. The summed E-state index contributed by atoms with van der Waals surface area (Å²) in [6, 6.07) is 20.1. The van der Waals surface area contributed by atoms with Crippen LogP contribution in [-0.4, -0.2) is 29.6 Å².